The van der Waals surface area contributed by atoms with Crippen LogP contribution in [0.15, 0.2) is 18.5 Å². The van der Waals surface area contributed by atoms with E-state index in [0.29, 0.717) is 17.3 Å². The van der Waals surface area contributed by atoms with Crippen LogP contribution in [0.3, 0.4) is 0 Å². The summed E-state index contributed by atoms with van der Waals surface area (Å²) in [5.41, 5.74) is 1.79. The average molecular weight is 416 g/mol. The Bertz CT molecular complexity index is 926. The smallest absolute Gasteiger partial charge is 0.228 e. The fourth-order valence-electron chi connectivity index (χ4n) is 4.41. The Kier molecular flexibility index (Phi) is 5.85. The molecule has 2 N–H and O–H groups in total. The summed E-state index contributed by atoms with van der Waals surface area (Å²) in [5.74, 6) is 1.32. The molecule has 29 heavy (non-hydrogen) atoms. The van der Waals surface area contributed by atoms with Gasteiger partial charge in [-0.2, -0.15) is 0 Å². The van der Waals surface area contributed by atoms with Crippen molar-refractivity contribution >= 4 is 29.2 Å². The van der Waals surface area contributed by atoms with Crippen LogP contribution in [0, 0.1) is 5.92 Å². The van der Waals surface area contributed by atoms with Gasteiger partial charge in [0.2, 0.25) is 11.8 Å². The number of hydrogen-bond acceptors (Lipinski definition) is 4. The zero-order chi connectivity index (χ0) is 20.4. The number of carbonyl (C=O) groups excluding carboxylic acids is 2. The summed E-state index contributed by atoms with van der Waals surface area (Å²) in [4.78, 5) is 33.0. The van der Waals surface area contributed by atoms with Crippen LogP contribution in [0.4, 0.5) is 5.82 Å². The zero-order valence-corrected chi connectivity index (χ0v) is 17.3. The molecule has 2 amide bonds. The first-order chi connectivity index (χ1) is 14.0. The van der Waals surface area contributed by atoms with Gasteiger partial charge in [0.15, 0.2) is 0 Å². The van der Waals surface area contributed by atoms with Gasteiger partial charge in [0.05, 0.1) is 16.9 Å². The highest BCUT2D eigenvalue weighted by Gasteiger charge is 2.28. The molecule has 0 radical (unpaired) electrons. The number of aryl methyl sites for hydroxylation is 1. The van der Waals surface area contributed by atoms with Gasteiger partial charge in [-0.05, 0) is 38.2 Å². The molecule has 1 aliphatic carbocycles. The second kappa shape index (κ2) is 8.53. The van der Waals surface area contributed by atoms with E-state index in [0.717, 1.165) is 62.2 Å². The van der Waals surface area contributed by atoms with E-state index in [2.05, 4.69) is 25.2 Å². The van der Waals surface area contributed by atoms with Crippen LogP contribution in [0.25, 0.3) is 11.3 Å². The molecule has 1 saturated carbocycles. The van der Waals surface area contributed by atoms with Crippen molar-refractivity contribution in [1.82, 2.24) is 19.9 Å². The van der Waals surface area contributed by atoms with Gasteiger partial charge in [-0.1, -0.05) is 18.0 Å². The summed E-state index contributed by atoms with van der Waals surface area (Å²) >= 11 is 6.43. The molecule has 0 spiro atoms. The van der Waals surface area contributed by atoms with Crippen molar-refractivity contribution < 1.29 is 9.59 Å². The lowest BCUT2D eigenvalue weighted by Crippen LogP contribution is -2.40. The van der Waals surface area contributed by atoms with Crippen LogP contribution < -0.4 is 10.6 Å². The summed E-state index contributed by atoms with van der Waals surface area (Å²) in [6.07, 6.45) is 10.00. The number of nitrogens with one attached hydrogen (secondary N) is 2. The van der Waals surface area contributed by atoms with Gasteiger partial charge in [0.1, 0.15) is 11.6 Å². The van der Waals surface area contributed by atoms with Crippen molar-refractivity contribution in [1.29, 1.82) is 0 Å². The van der Waals surface area contributed by atoms with E-state index < -0.39 is 0 Å². The number of pyridine rings is 1. The van der Waals surface area contributed by atoms with Gasteiger partial charge in [-0.25, -0.2) is 9.97 Å². The van der Waals surface area contributed by atoms with E-state index in [1.165, 1.54) is 6.92 Å². The molecule has 1 fully saturated rings. The van der Waals surface area contributed by atoms with Gasteiger partial charge >= 0.3 is 0 Å². The van der Waals surface area contributed by atoms with Crippen LogP contribution in [0.1, 0.15) is 51.3 Å². The number of halogens is 1. The largest absolute Gasteiger partial charge is 0.354 e. The standard InChI is InChI=1S/C21H26ClN5O2/c1-13(28)25-15-6-4-5-14(9-15)21(29)26-19-10-16(17(22)11-23-19)18-12-24-20-7-2-3-8-27(18)20/h10-12,14-15H,2-9H2,1H3,(H,25,28)(H,23,26,29)/t14-,15+/m0/s1. The summed E-state index contributed by atoms with van der Waals surface area (Å²) in [7, 11) is 0. The lowest BCUT2D eigenvalue weighted by molar-refractivity contribution is -0.123. The monoisotopic (exact) mass is 415 g/mol. The lowest BCUT2D eigenvalue weighted by atomic mass is 9.85. The number of aromatic nitrogens is 3. The van der Waals surface area contributed by atoms with Gasteiger partial charge in [-0.3, -0.25) is 9.59 Å². The summed E-state index contributed by atoms with van der Waals surface area (Å²) in [5, 5.41) is 6.42. The molecule has 7 nitrogen and oxygen atoms in total. The predicted molar refractivity (Wildman–Crippen MR) is 112 cm³/mol. The first-order valence-electron chi connectivity index (χ1n) is 10.3. The Morgan fingerprint density at radius 3 is 2.86 bits per heavy atom. The van der Waals surface area contributed by atoms with E-state index in [1.807, 2.05) is 12.3 Å². The maximum Gasteiger partial charge on any atom is 0.228 e. The first kappa shape index (κ1) is 19.9. The highest BCUT2D eigenvalue weighted by atomic mass is 35.5. The third kappa shape index (κ3) is 4.45. The minimum atomic E-state index is -0.135. The number of fused-ring (bicyclic) bond motifs is 1. The molecule has 2 aliphatic rings. The summed E-state index contributed by atoms with van der Waals surface area (Å²) in [6.45, 7) is 2.44. The fourth-order valence-corrected chi connectivity index (χ4v) is 4.61. The number of carbonyl (C=O) groups is 2. The van der Waals surface area contributed by atoms with Crippen LogP contribution >= 0.6 is 11.6 Å². The second-order valence-corrected chi connectivity index (χ2v) is 8.38. The molecule has 2 aromatic heterocycles. The van der Waals surface area contributed by atoms with E-state index in [4.69, 9.17) is 11.6 Å². The van der Waals surface area contributed by atoms with Crippen LogP contribution in [-0.4, -0.2) is 32.4 Å². The van der Waals surface area contributed by atoms with E-state index >= 15 is 0 Å². The number of imidazole rings is 1. The summed E-state index contributed by atoms with van der Waals surface area (Å²) < 4.78 is 2.20. The van der Waals surface area contributed by atoms with Gasteiger partial charge in [0, 0.05) is 43.6 Å². The second-order valence-electron chi connectivity index (χ2n) is 7.97. The van der Waals surface area contributed by atoms with Crippen LogP contribution in [0.2, 0.25) is 5.02 Å². The van der Waals surface area contributed by atoms with Gasteiger partial charge in [-0.15, -0.1) is 0 Å². The molecule has 4 rings (SSSR count). The highest BCUT2D eigenvalue weighted by molar-refractivity contribution is 6.33. The summed E-state index contributed by atoms with van der Waals surface area (Å²) in [6, 6.07) is 1.89. The molecule has 0 bridgehead atoms. The average Bonchev–Trinajstić information content (AvgIpc) is 3.13. The molecule has 0 unspecified atom stereocenters. The van der Waals surface area contributed by atoms with E-state index in [9.17, 15) is 9.59 Å². The SMILES string of the molecule is CC(=O)N[C@@H]1CCC[C@H](C(=O)Nc2cc(-c3cnc4n3CCCC4)c(Cl)cn2)C1. The molecule has 8 heteroatoms. The number of anilines is 1. The normalized spacial score (nSPS) is 21.3. The Morgan fingerprint density at radius 1 is 1.17 bits per heavy atom. The van der Waals surface area contributed by atoms with Crippen molar-refractivity contribution in [2.45, 2.75) is 64.5 Å². The van der Waals surface area contributed by atoms with Crippen molar-refractivity contribution in [2.24, 2.45) is 5.92 Å². The number of hydrogen-bond donors (Lipinski definition) is 2. The minimum Gasteiger partial charge on any atom is -0.354 e. The maximum absolute atomic E-state index is 12.8. The number of rotatable bonds is 4. The molecular formula is C21H26ClN5O2. The number of nitrogens with zero attached hydrogens (tertiary/aromatic N) is 3. The van der Waals surface area contributed by atoms with Gasteiger partial charge < -0.3 is 15.2 Å². The predicted octanol–water partition coefficient (Wildman–Crippen LogP) is 3.57. The van der Waals surface area contributed by atoms with Gasteiger partial charge in [0.25, 0.3) is 0 Å². The quantitative estimate of drug-likeness (QED) is 0.798. The minimum absolute atomic E-state index is 0.0517. The Balaban J connectivity index is 1.50. The van der Waals surface area contributed by atoms with E-state index in [1.54, 1.807) is 6.20 Å². The first-order valence-corrected chi connectivity index (χ1v) is 10.7. The zero-order valence-electron chi connectivity index (χ0n) is 16.6. The molecule has 0 saturated heterocycles. The molecule has 3 heterocycles. The van der Waals surface area contributed by atoms with Crippen LogP contribution in [0.5, 0.6) is 0 Å². The highest BCUT2D eigenvalue weighted by Crippen LogP contribution is 2.32. The van der Waals surface area contributed by atoms with Crippen molar-refractivity contribution in [3.05, 3.63) is 29.3 Å². The molecule has 0 aromatic carbocycles. The van der Waals surface area contributed by atoms with Crippen molar-refractivity contribution in [2.75, 3.05) is 5.32 Å². The van der Waals surface area contributed by atoms with Crippen molar-refractivity contribution in [3.8, 4) is 11.3 Å². The maximum atomic E-state index is 12.8. The fraction of sp³-hybridized carbons (Fsp3) is 0.524. The number of amides is 2. The molecule has 1 aliphatic heterocycles. The molecule has 154 valence electrons. The van der Waals surface area contributed by atoms with Crippen LogP contribution in [-0.2, 0) is 22.6 Å². The molecule has 2 aromatic rings. The Morgan fingerprint density at radius 2 is 2.03 bits per heavy atom. The topological polar surface area (TPSA) is 88.9 Å². The molecular weight excluding hydrogens is 390 g/mol. The molecule has 2 atom stereocenters. The third-order valence-corrected chi connectivity index (χ3v) is 6.11. The Hall–Kier alpha value is -2.41. The lowest BCUT2D eigenvalue weighted by Gasteiger charge is -2.28. The Labute approximate surface area is 175 Å². The van der Waals surface area contributed by atoms with E-state index in [-0.39, 0.29) is 23.8 Å². The van der Waals surface area contributed by atoms with Crippen molar-refractivity contribution in [3.63, 3.8) is 0 Å². The third-order valence-electron chi connectivity index (χ3n) is 5.81.